The van der Waals surface area contributed by atoms with Gasteiger partial charge in [-0.2, -0.15) is 0 Å². The van der Waals surface area contributed by atoms with Crippen LogP contribution in [0.25, 0.3) is 0 Å². The van der Waals surface area contributed by atoms with Gasteiger partial charge in [0.25, 0.3) is 0 Å². The van der Waals surface area contributed by atoms with Gasteiger partial charge in [0, 0.05) is 31.1 Å². The summed E-state index contributed by atoms with van der Waals surface area (Å²) in [5.41, 5.74) is -0.697. The molecule has 0 aromatic carbocycles. The van der Waals surface area contributed by atoms with Gasteiger partial charge in [0.15, 0.2) is 0 Å². The highest BCUT2D eigenvalue weighted by Crippen LogP contribution is 2.50. The molecule has 142 valence electrons. The zero-order chi connectivity index (χ0) is 18.9. The first-order valence-corrected chi connectivity index (χ1v) is 9.74. The van der Waals surface area contributed by atoms with Crippen molar-refractivity contribution in [3.63, 3.8) is 0 Å². The molecule has 0 aliphatic heterocycles. The molecule has 1 aliphatic carbocycles. The topological polar surface area (TPSA) is 71.4 Å². The predicted octanol–water partition coefficient (Wildman–Crippen LogP) is 4.96. The van der Waals surface area contributed by atoms with Crippen LogP contribution in [-0.2, 0) is 14.4 Å². The van der Waals surface area contributed by atoms with Gasteiger partial charge in [0.1, 0.15) is 11.6 Å². The Labute approximate surface area is 152 Å². The molecule has 0 bridgehead atoms. The molecule has 1 fully saturated rings. The summed E-state index contributed by atoms with van der Waals surface area (Å²) in [5.74, 6) is -0.781. The molecule has 0 heterocycles. The standard InChI is InChI=1S/C21H34O4/c1-4-6-8-9-11-18(22)14-17-12-13-19(23)21(17,3)16(10-7-5-2)15-20(24)25/h5,7,16-17H,4,6,8-15H2,1-3H3,(H,24,25)/t16-,17?,21?/m0/s1. The molecule has 1 rings (SSSR count). The van der Waals surface area contributed by atoms with Crippen molar-refractivity contribution in [2.75, 3.05) is 0 Å². The molecule has 0 saturated heterocycles. The summed E-state index contributed by atoms with van der Waals surface area (Å²) in [6, 6.07) is 0. The third kappa shape index (κ3) is 6.09. The molecule has 0 radical (unpaired) electrons. The smallest absolute Gasteiger partial charge is 0.303 e. The molecular formula is C21H34O4. The summed E-state index contributed by atoms with van der Waals surface area (Å²) < 4.78 is 0. The summed E-state index contributed by atoms with van der Waals surface area (Å²) in [5, 5.41) is 9.28. The Balaban J connectivity index is 2.81. The van der Waals surface area contributed by atoms with Crippen molar-refractivity contribution in [3.05, 3.63) is 12.2 Å². The van der Waals surface area contributed by atoms with Crippen LogP contribution in [0.4, 0.5) is 0 Å². The number of ketones is 2. The first-order valence-electron chi connectivity index (χ1n) is 9.74. The fraction of sp³-hybridized carbons (Fsp3) is 0.762. The van der Waals surface area contributed by atoms with E-state index in [1.54, 1.807) is 0 Å². The Hall–Kier alpha value is -1.45. The van der Waals surface area contributed by atoms with Crippen LogP contribution in [0.5, 0.6) is 0 Å². The SMILES string of the molecule is CC=CC[C@@H](CC(=O)O)C1(C)C(=O)CCC1CC(=O)CCCCCC. The molecule has 0 aromatic heterocycles. The second-order valence-corrected chi connectivity index (χ2v) is 7.59. The molecule has 1 saturated carbocycles. The number of rotatable bonds is 12. The van der Waals surface area contributed by atoms with Crippen molar-refractivity contribution in [2.24, 2.45) is 17.3 Å². The lowest BCUT2D eigenvalue weighted by molar-refractivity contribution is -0.141. The van der Waals surface area contributed by atoms with Gasteiger partial charge in [-0.15, -0.1) is 0 Å². The zero-order valence-corrected chi connectivity index (χ0v) is 16.1. The van der Waals surface area contributed by atoms with E-state index in [0.717, 1.165) is 25.7 Å². The van der Waals surface area contributed by atoms with Crippen LogP contribution in [0.2, 0.25) is 0 Å². The third-order valence-corrected chi connectivity index (χ3v) is 5.88. The number of carboxylic acids is 1. The molecule has 2 unspecified atom stereocenters. The Morgan fingerprint density at radius 3 is 2.64 bits per heavy atom. The number of carboxylic acid groups (broad SMARTS) is 1. The lowest BCUT2D eigenvalue weighted by atomic mass is 9.65. The Kier molecular flexibility index (Phi) is 9.09. The maximum absolute atomic E-state index is 12.6. The van der Waals surface area contributed by atoms with E-state index in [1.165, 1.54) is 0 Å². The normalized spacial score (nSPS) is 24.8. The molecule has 4 heteroatoms. The number of unbranched alkanes of at least 4 members (excludes halogenated alkanes) is 3. The molecule has 3 atom stereocenters. The molecule has 0 spiro atoms. The maximum atomic E-state index is 12.6. The highest BCUT2D eigenvalue weighted by molar-refractivity contribution is 5.89. The first-order chi connectivity index (χ1) is 11.9. The Bertz CT molecular complexity index is 494. The number of aliphatic carboxylic acids is 1. The second kappa shape index (κ2) is 10.5. The van der Waals surface area contributed by atoms with Crippen molar-refractivity contribution >= 4 is 17.5 Å². The summed E-state index contributed by atoms with van der Waals surface area (Å²) in [6.07, 6.45) is 10.9. The summed E-state index contributed by atoms with van der Waals surface area (Å²) in [4.78, 5) is 36.3. The lowest BCUT2D eigenvalue weighted by Gasteiger charge is -2.37. The fourth-order valence-electron chi connectivity index (χ4n) is 4.15. The van der Waals surface area contributed by atoms with E-state index in [1.807, 2.05) is 26.0 Å². The van der Waals surface area contributed by atoms with Crippen molar-refractivity contribution in [1.82, 2.24) is 0 Å². The van der Waals surface area contributed by atoms with Gasteiger partial charge in [-0.05, 0) is 38.0 Å². The van der Waals surface area contributed by atoms with Crippen LogP contribution in [0.1, 0.15) is 85.0 Å². The van der Waals surface area contributed by atoms with Gasteiger partial charge in [-0.1, -0.05) is 45.3 Å². The van der Waals surface area contributed by atoms with Crippen molar-refractivity contribution in [3.8, 4) is 0 Å². The minimum Gasteiger partial charge on any atom is -0.481 e. The van der Waals surface area contributed by atoms with Gasteiger partial charge < -0.3 is 5.11 Å². The van der Waals surface area contributed by atoms with Crippen LogP contribution in [-0.4, -0.2) is 22.6 Å². The van der Waals surface area contributed by atoms with Gasteiger partial charge in [0.05, 0.1) is 0 Å². The molecule has 1 aliphatic rings. The third-order valence-electron chi connectivity index (χ3n) is 5.88. The van der Waals surface area contributed by atoms with E-state index in [-0.39, 0.29) is 29.8 Å². The second-order valence-electron chi connectivity index (χ2n) is 7.59. The van der Waals surface area contributed by atoms with Gasteiger partial charge in [-0.3, -0.25) is 14.4 Å². The molecular weight excluding hydrogens is 316 g/mol. The highest BCUT2D eigenvalue weighted by Gasteiger charge is 2.51. The quantitative estimate of drug-likeness (QED) is 0.399. The highest BCUT2D eigenvalue weighted by atomic mass is 16.4. The van der Waals surface area contributed by atoms with E-state index in [9.17, 15) is 19.5 Å². The number of carbonyl (C=O) groups is 3. The van der Waals surface area contributed by atoms with Crippen LogP contribution < -0.4 is 0 Å². The van der Waals surface area contributed by atoms with Crippen molar-refractivity contribution < 1.29 is 19.5 Å². The number of carbonyl (C=O) groups excluding carboxylic acids is 2. The first kappa shape index (κ1) is 21.6. The van der Waals surface area contributed by atoms with Crippen LogP contribution >= 0.6 is 0 Å². The minimum atomic E-state index is -0.875. The van der Waals surface area contributed by atoms with Gasteiger partial charge in [-0.25, -0.2) is 0 Å². The summed E-state index contributed by atoms with van der Waals surface area (Å²) >= 11 is 0. The molecule has 1 N–H and O–H groups in total. The Morgan fingerprint density at radius 2 is 2.04 bits per heavy atom. The number of hydrogen-bond donors (Lipinski definition) is 1. The largest absolute Gasteiger partial charge is 0.481 e. The van der Waals surface area contributed by atoms with Gasteiger partial charge in [0.2, 0.25) is 0 Å². The number of hydrogen-bond acceptors (Lipinski definition) is 3. The van der Waals surface area contributed by atoms with Crippen LogP contribution in [0.15, 0.2) is 12.2 Å². The van der Waals surface area contributed by atoms with Crippen molar-refractivity contribution in [2.45, 2.75) is 85.0 Å². The van der Waals surface area contributed by atoms with Crippen LogP contribution in [0, 0.1) is 17.3 Å². The fourth-order valence-corrected chi connectivity index (χ4v) is 4.15. The van der Waals surface area contributed by atoms with Crippen LogP contribution in [0.3, 0.4) is 0 Å². The summed E-state index contributed by atoms with van der Waals surface area (Å²) in [6.45, 7) is 5.94. The number of Topliss-reactive ketones (excluding diaryl/α,β-unsaturated/α-hetero) is 2. The predicted molar refractivity (Wildman–Crippen MR) is 99.4 cm³/mol. The summed E-state index contributed by atoms with van der Waals surface area (Å²) in [7, 11) is 0. The maximum Gasteiger partial charge on any atom is 0.303 e. The molecule has 0 aromatic rings. The number of allylic oxidation sites excluding steroid dienone is 2. The van der Waals surface area contributed by atoms with E-state index in [2.05, 4.69) is 6.92 Å². The molecule has 4 nitrogen and oxygen atoms in total. The average Bonchev–Trinajstić information content (AvgIpc) is 2.84. The van der Waals surface area contributed by atoms with Gasteiger partial charge >= 0.3 is 5.97 Å². The van der Waals surface area contributed by atoms with E-state index >= 15 is 0 Å². The Morgan fingerprint density at radius 1 is 1.32 bits per heavy atom. The molecule has 25 heavy (non-hydrogen) atoms. The zero-order valence-electron chi connectivity index (χ0n) is 16.1. The van der Waals surface area contributed by atoms with E-state index in [4.69, 9.17) is 0 Å². The van der Waals surface area contributed by atoms with Crippen molar-refractivity contribution in [1.29, 1.82) is 0 Å². The average molecular weight is 350 g/mol. The minimum absolute atomic E-state index is 0.0201. The monoisotopic (exact) mass is 350 g/mol. The van der Waals surface area contributed by atoms with E-state index in [0.29, 0.717) is 32.1 Å². The van der Waals surface area contributed by atoms with E-state index < -0.39 is 11.4 Å². The lowest BCUT2D eigenvalue weighted by Crippen LogP contribution is -2.39. The molecule has 0 amide bonds.